The minimum absolute atomic E-state index is 0.339. The Morgan fingerprint density at radius 2 is 1.52 bits per heavy atom. The van der Waals surface area contributed by atoms with Crippen molar-refractivity contribution in [2.24, 2.45) is 0 Å². The van der Waals surface area contributed by atoms with E-state index in [0.717, 1.165) is 28.8 Å². The van der Waals surface area contributed by atoms with E-state index in [4.69, 9.17) is 0 Å². The molecule has 0 radical (unpaired) electrons. The smallest absolute Gasteiger partial charge is 0.243 e. The molecule has 4 rings (SSSR count). The second-order valence-corrected chi connectivity index (χ2v) is 8.59. The lowest BCUT2D eigenvalue weighted by Gasteiger charge is -2.16. The van der Waals surface area contributed by atoms with Gasteiger partial charge in [0.1, 0.15) is 0 Å². The van der Waals surface area contributed by atoms with Crippen molar-refractivity contribution in [3.8, 4) is 0 Å². The van der Waals surface area contributed by atoms with Gasteiger partial charge < -0.3 is 5.32 Å². The predicted molar refractivity (Wildman–Crippen MR) is 104 cm³/mol. The topological polar surface area (TPSA) is 62.3 Å². The lowest BCUT2D eigenvalue weighted by Crippen LogP contribution is -2.25. The van der Waals surface area contributed by atoms with Gasteiger partial charge in [0.15, 0.2) is 0 Å². The molecular weight excluding hydrogens is 358 g/mol. The van der Waals surface area contributed by atoms with Crippen LogP contribution in [-0.2, 0) is 36.2 Å². The highest BCUT2D eigenvalue weighted by molar-refractivity contribution is 7.89. The summed E-state index contributed by atoms with van der Waals surface area (Å²) < 4.78 is 27.4. The summed E-state index contributed by atoms with van der Waals surface area (Å²) in [4.78, 5) is 4.43. The van der Waals surface area contributed by atoms with Crippen LogP contribution in [0.25, 0.3) is 0 Å². The van der Waals surface area contributed by atoms with Crippen LogP contribution in [-0.4, -0.2) is 17.7 Å². The van der Waals surface area contributed by atoms with Gasteiger partial charge in [0.2, 0.25) is 10.0 Å². The van der Waals surface area contributed by atoms with Crippen LogP contribution in [0.15, 0.2) is 78.0 Å². The second kappa shape index (κ2) is 7.60. The molecule has 1 N–H and O–H groups in total. The highest BCUT2D eigenvalue weighted by Crippen LogP contribution is 2.28. The average Bonchev–Trinajstić information content (AvgIpc) is 3.14. The van der Waals surface area contributed by atoms with Crippen molar-refractivity contribution >= 4 is 10.0 Å². The van der Waals surface area contributed by atoms with Gasteiger partial charge in [0, 0.05) is 38.6 Å². The first-order valence-corrected chi connectivity index (χ1v) is 10.3. The van der Waals surface area contributed by atoms with Crippen molar-refractivity contribution in [1.29, 1.82) is 0 Å². The number of aromatic nitrogens is 1. The number of rotatable bonds is 6. The Morgan fingerprint density at radius 1 is 0.852 bits per heavy atom. The van der Waals surface area contributed by atoms with E-state index in [9.17, 15) is 8.42 Å². The van der Waals surface area contributed by atoms with Crippen molar-refractivity contribution < 1.29 is 8.42 Å². The zero-order valence-corrected chi connectivity index (χ0v) is 15.7. The number of benzene rings is 2. The van der Waals surface area contributed by atoms with Gasteiger partial charge in [-0.05, 0) is 40.5 Å². The number of sulfonamides is 1. The Labute approximate surface area is 159 Å². The van der Waals surface area contributed by atoms with Gasteiger partial charge in [0.05, 0.1) is 4.90 Å². The molecule has 0 saturated heterocycles. The lowest BCUT2D eigenvalue weighted by molar-refractivity contribution is 0.431. The molecule has 0 bridgehead atoms. The van der Waals surface area contributed by atoms with Gasteiger partial charge in [0.25, 0.3) is 0 Å². The molecule has 0 unspecified atom stereocenters. The van der Waals surface area contributed by atoms with E-state index in [-0.39, 0.29) is 0 Å². The lowest BCUT2D eigenvalue weighted by atomic mass is 10.1. The maximum Gasteiger partial charge on any atom is 0.243 e. The molecule has 1 aromatic heterocycles. The highest BCUT2D eigenvalue weighted by Gasteiger charge is 2.30. The molecule has 138 valence electrons. The van der Waals surface area contributed by atoms with Gasteiger partial charge in [-0.15, -0.1) is 0 Å². The fraction of sp³-hybridized carbons (Fsp3) is 0.190. The van der Waals surface area contributed by atoms with Crippen LogP contribution in [0.5, 0.6) is 0 Å². The van der Waals surface area contributed by atoms with E-state index in [0.29, 0.717) is 24.5 Å². The first-order valence-electron chi connectivity index (χ1n) is 8.88. The Morgan fingerprint density at radius 3 is 2.15 bits per heavy atom. The van der Waals surface area contributed by atoms with Crippen LogP contribution in [0.4, 0.5) is 0 Å². The molecule has 6 heteroatoms. The first-order chi connectivity index (χ1) is 13.1. The average molecular weight is 379 g/mol. The molecule has 0 amide bonds. The summed E-state index contributed by atoms with van der Waals surface area (Å²) in [5.41, 5.74) is 4.32. The number of nitrogens with zero attached hydrogens (tertiary/aromatic N) is 2. The maximum absolute atomic E-state index is 12.9. The fourth-order valence-electron chi connectivity index (χ4n) is 3.25. The van der Waals surface area contributed by atoms with Crippen molar-refractivity contribution in [1.82, 2.24) is 14.6 Å². The van der Waals surface area contributed by atoms with Gasteiger partial charge >= 0.3 is 0 Å². The molecule has 3 aromatic rings. The Hall–Kier alpha value is -2.54. The molecule has 0 spiro atoms. The van der Waals surface area contributed by atoms with E-state index in [1.54, 1.807) is 18.3 Å². The Bertz CT molecular complexity index is 994. The van der Waals surface area contributed by atoms with Crippen molar-refractivity contribution in [2.45, 2.75) is 31.1 Å². The number of nitrogens with one attached hydrogen (secondary N) is 1. The molecule has 2 heterocycles. The number of hydrogen-bond acceptors (Lipinski definition) is 4. The third kappa shape index (κ3) is 3.93. The number of pyridine rings is 1. The normalized spacial score (nSPS) is 14.2. The summed E-state index contributed by atoms with van der Waals surface area (Å²) in [5.74, 6) is 0. The number of fused-ring (bicyclic) bond motifs is 1. The summed E-state index contributed by atoms with van der Waals surface area (Å²) in [5, 5.41) is 3.34. The van der Waals surface area contributed by atoms with Gasteiger partial charge in [-0.1, -0.05) is 42.5 Å². The summed E-state index contributed by atoms with van der Waals surface area (Å²) >= 11 is 0. The zero-order valence-electron chi connectivity index (χ0n) is 14.9. The van der Waals surface area contributed by atoms with E-state index in [1.165, 1.54) is 4.31 Å². The van der Waals surface area contributed by atoms with Gasteiger partial charge in [-0.3, -0.25) is 4.98 Å². The van der Waals surface area contributed by atoms with E-state index >= 15 is 0 Å². The Kier molecular flexibility index (Phi) is 5.03. The van der Waals surface area contributed by atoms with Crippen molar-refractivity contribution in [3.63, 3.8) is 0 Å². The van der Waals surface area contributed by atoms with E-state index in [2.05, 4.69) is 10.3 Å². The largest absolute Gasteiger partial charge is 0.309 e. The standard InChI is InChI=1S/C21H21N3O2S/c25-27(26,24-15-19-5-1-2-6-20(19)16-24)21-9-7-17(8-10-21)12-23-14-18-4-3-11-22-13-18/h1-11,13,23H,12,14-16H2. The maximum atomic E-state index is 12.9. The summed E-state index contributed by atoms with van der Waals surface area (Å²) in [6.45, 7) is 2.27. The summed E-state index contributed by atoms with van der Waals surface area (Å²) in [6.07, 6.45) is 3.58. The van der Waals surface area contributed by atoms with Crippen molar-refractivity contribution in [2.75, 3.05) is 0 Å². The molecule has 0 atom stereocenters. The highest BCUT2D eigenvalue weighted by atomic mass is 32.2. The monoisotopic (exact) mass is 379 g/mol. The minimum Gasteiger partial charge on any atom is -0.309 e. The van der Waals surface area contributed by atoms with E-state index < -0.39 is 10.0 Å². The molecule has 0 aliphatic carbocycles. The third-order valence-corrected chi connectivity index (χ3v) is 6.56. The predicted octanol–water partition coefficient (Wildman–Crippen LogP) is 3.08. The van der Waals surface area contributed by atoms with Crippen molar-refractivity contribution in [3.05, 3.63) is 95.3 Å². The SMILES string of the molecule is O=S(=O)(c1ccc(CNCc2cccnc2)cc1)N1Cc2ccccc2C1. The van der Waals surface area contributed by atoms with Crippen LogP contribution >= 0.6 is 0 Å². The van der Waals surface area contributed by atoms with Crippen LogP contribution in [0.1, 0.15) is 22.3 Å². The molecule has 27 heavy (non-hydrogen) atoms. The third-order valence-electron chi connectivity index (χ3n) is 4.75. The Balaban J connectivity index is 1.40. The molecule has 1 aliphatic rings. The fourth-order valence-corrected chi connectivity index (χ4v) is 4.65. The van der Waals surface area contributed by atoms with Crippen LogP contribution < -0.4 is 5.32 Å². The second-order valence-electron chi connectivity index (χ2n) is 6.65. The molecule has 0 fully saturated rings. The van der Waals surface area contributed by atoms with Gasteiger partial charge in [-0.2, -0.15) is 4.31 Å². The van der Waals surface area contributed by atoms with E-state index in [1.807, 2.05) is 54.7 Å². The molecule has 5 nitrogen and oxygen atoms in total. The van der Waals surface area contributed by atoms with Crippen LogP contribution in [0.2, 0.25) is 0 Å². The summed E-state index contributed by atoms with van der Waals surface area (Å²) in [7, 11) is -3.48. The van der Waals surface area contributed by atoms with Gasteiger partial charge in [-0.25, -0.2) is 8.42 Å². The van der Waals surface area contributed by atoms with Crippen LogP contribution in [0, 0.1) is 0 Å². The molecule has 2 aromatic carbocycles. The molecule has 0 saturated carbocycles. The zero-order chi connectivity index (χ0) is 18.7. The number of hydrogen-bond donors (Lipinski definition) is 1. The quantitative estimate of drug-likeness (QED) is 0.715. The molecule has 1 aliphatic heterocycles. The summed E-state index contributed by atoms with van der Waals surface area (Å²) in [6, 6.07) is 18.9. The first kappa shape index (κ1) is 17.9. The van der Waals surface area contributed by atoms with Crippen LogP contribution in [0.3, 0.4) is 0 Å². The minimum atomic E-state index is -3.48. The molecular formula is C21H21N3O2S.